The molecule has 0 radical (unpaired) electrons. The average molecular weight is 268 g/mol. The summed E-state index contributed by atoms with van der Waals surface area (Å²) >= 11 is 0. The Hall–Kier alpha value is -0.120. The Kier molecular flexibility index (Phi) is 5.67. The summed E-state index contributed by atoms with van der Waals surface area (Å²) in [5, 5.41) is 14.2. The Morgan fingerprint density at radius 1 is 1.16 bits per heavy atom. The molecule has 0 bridgehead atoms. The van der Waals surface area contributed by atoms with Gasteiger partial charge in [0.15, 0.2) is 0 Å². The second-order valence-corrected chi connectivity index (χ2v) is 7.00. The maximum atomic E-state index is 10.8. The fraction of sp³-hybridized carbons (Fsp3) is 1.00. The summed E-state index contributed by atoms with van der Waals surface area (Å²) in [6, 6.07) is 0.542. The van der Waals surface area contributed by atoms with E-state index in [1.54, 1.807) is 0 Å². The van der Waals surface area contributed by atoms with Crippen molar-refractivity contribution in [3.63, 3.8) is 0 Å². The van der Waals surface area contributed by atoms with E-state index in [2.05, 4.69) is 24.1 Å². The molecule has 19 heavy (non-hydrogen) atoms. The SMILES string of the molecule is CC(C)N(CC1CCNCC1)CC1(O)CCCCC1. The number of piperidine rings is 1. The molecule has 2 fully saturated rings. The van der Waals surface area contributed by atoms with E-state index in [1.807, 2.05) is 0 Å². The molecule has 112 valence electrons. The lowest BCUT2D eigenvalue weighted by atomic mass is 9.84. The fourth-order valence-corrected chi connectivity index (χ4v) is 3.60. The molecule has 3 heteroatoms. The average Bonchev–Trinajstić information content (AvgIpc) is 2.39. The molecular weight excluding hydrogens is 236 g/mol. The topological polar surface area (TPSA) is 35.5 Å². The van der Waals surface area contributed by atoms with Gasteiger partial charge in [0.1, 0.15) is 0 Å². The molecule has 1 heterocycles. The first-order valence-corrected chi connectivity index (χ1v) is 8.26. The molecule has 0 unspecified atom stereocenters. The van der Waals surface area contributed by atoms with Crippen LogP contribution in [-0.2, 0) is 0 Å². The third-order valence-electron chi connectivity index (χ3n) is 4.96. The van der Waals surface area contributed by atoms with Gasteiger partial charge < -0.3 is 10.4 Å². The van der Waals surface area contributed by atoms with Gasteiger partial charge >= 0.3 is 0 Å². The molecule has 3 nitrogen and oxygen atoms in total. The summed E-state index contributed by atoms with van der Waals surface area (Å²) in [7, 11) is 0. The van der Waals surface area contributed by atoms with Gasteiger partial charge in [0, 0.05) is 19.1 Å². The number of nitrogens with one attached hydrogen (secondary N) is 1. The van der Waals surface area contributed by atoms with Crippen LogP contribution in [0, 0.1) is 5.92 Å². The molecule has 2 aliphatic rings. The minimum absolute atomic E-state index is 0.407. The van der Waals surface area contributed by atoms with Gasteiger partial charge in [-0.05, 0) is 58.5 Å². The zero-order valence-corrected chi connectivity index (χ0v) is 12.8. The Labute approximate surface area is 118 Å². The third-order valence-corrected chi connectivity index (χ3v) is 4.96. The summed E-state index contributed by atoms with van der Waals surface area (Å²) in [6.07, 6.45) is 8.30. The highest BCUT2D eigenvalue weighted by molar-refractivity contribution is 4.87. The van der Waals surface area contributed by atoms with Gasteiger partial charge in [-0.1, -0.05) is 19.3 Å². The minimum atomic E-state index is -0.407. The van der Waals surface area contributed by atoms with Crippen molar-refractivity contribution in [1.82, 2.24) is 10.2 Å². The summed E-state index contributed by atoms with van der Waals surface area (Å²) in [5.74, 6) is 0.816. The number of hydrogen-bond donors (Lipinski definition) is 2. The van der Waals surface area contributed by atoms with E-state index in [9.17, 15) is 5.11 Å². The van der Waals surface area contributed by atoms with E-state index in [1.165, 1.54) is 51.7 Å². The molecular formula is C16H32N2O. The quantitative estimate of drug-likeness (QED) is 0.803. The smallest absolute Gasteiger partial charge is 0.0774 e. The Morgan fingerprint density at radius 3 is 2.37 bits per heavy atom. The van der Waals surface area contributed by atoms with E-state index in [4.69, 9.17) is 0 Å². The molecule has 0 spiro atoms. The van der Waals surface area contributed by atoms with Crippen LogP contribution in [0.2, 0.25) is 0 Å². The molecule has 0 atom stereocenters. The van der Waals surface area contributed by atoms with Crippen LogP contribution < -0.4 is 5.32 Å². The van der Waals surface area contributed by atoms with E-state index in [-0.39, 0.29) is 0 Å². The maximum Gasteiger partial charge on any atom is 0.0774 e. The second-order valence-electron chi connectivity index (χ2n) is 7.00. The van der Waals surface area contributed by atoms with Crippen LogP contribution >= 0.6 is 0 Å². The van der Waals surface area contributed by atoms with Gasteiger partial charge in [-0.2, -0.15) is 0 Å². The molecule has 1 saturated heterocycles. The highest BCUT2D eigenvalue weighted by Gasteiger charge is 2.32. The minimum Gasteiger partial charge on any atom is -0.389 e. The molecule has 1 aliphatic heterocycles. The zero-order valence-electron chi connectivity index (χ0n) is 12.8. The van der Waals surface area contributed by atoms with Crippen LogP contribution in [0.4, 0.5) is 0 Å². The Bertz CT molecular complexity index is 255. The van der Waals surface area contributed by atoms with Crippen molar-refractivity contribution in [1.29, 1.82) is 0 Å². The largest absolute Gasteiger partial charge is 0.389 e. The lowest BCUT2D eigenvalue weighted by Crippen LogP contribution is -2.49. The van der Waals surface area contributed by atoms with Gasteiger partial charge in [0.25, 0.3) is 0 Å². The molecule has 1 saturated carbocycles. The van der Waals surface area contributed by atoms with Crippen LogP contribution in [0.5, 0.6) is 0 Å². The van der Waals surface area contributed by atoms with Crippen molar-refractivity contribution in [2.24, 2.45) is 5.92 Å². The van der Waals surface area contributed by atoms with Gasteiger partial charge in [-0.3, -0.25) is 4.90 Å². The summed E-state index contributed by atoms with van der Waals surface area (Å²) in [4.78, 5) is 2.53. The van der Waals surface area contributed by atoms with Crippen molar-refractivity contribution >= 4 is 0 Å². The van der Waals surface area contributed by atoms with Crippen molar-refractivity contribution in [2.45, 2.75) is 70.4 Å². The van der Waals surface area contributed by atoms with Crippen LogP contribution in [0.15, 0.2) is 0 Å². The van der Waals surface area contributed by atoms with Crippen molar-refractivity contribution in [2.75, 3.05) is 26.2 Å². The third kappa shape index (κ3) is 4.73. The van der Waals surface area contributed by atoms with E-state index >= 15 is 0 Å². The highest BCUT2D eigenvalue weighted by atomic mass is 16.3. The van der Waals surface area contributed by atoms with Crippen molar-refractivity contribution < 1.29 is 5.11 Å². The lowest BCUT2D eigenvalue weighted by Gasteiger charge is -2.40. The van der Waals surface area contributed by atoms with E-state index < -0.39 is 5.60 Å². The second kappa shape index (κ2) is 7.05. The van der Waals surface area contributed by atoms with Gasteiger partial charge in [0.2, 0.25) is 0 Å². The van der Waals surface area contributed by atoms with Crippen LogP contribution in [0.25, 0.3) is 0 Å². The Balaban J connectivity index is 1.87. The Morgan fingerprint density at radius 2 is 1.79 bits per heavy atom. The predicted octanol–water partition coefficient (Wildman–Crippen LogP) is 2.39. The van der Waals surface area contributed by atoms with E-state index in [0.29, 0.717) is 6.04 Å². The summed E-state index contributed by atoms with van der Waals surface area (Å²) < 4.78 is 0. The standard InChI is InChI=1S/C16H32N2O/c1-14(2)18(12-15-6-10-17-11-7-15)13-16(19)8-4-3-5-9-16/h14-15,17,19H,3-13H2,1-2H3. The van der Waals surface area contributed by atoms with Crippen molar-refractivity contribution in [3.05, 3.63) is 0 Å². The first kappa shape index (κ1) is 15.3. The van der Waals surface area contributed by atoms with Crippen LogP contribution in [-0.4, -0.2) is 47.8 Å². The molecule has 0 aromatic heterocycles. The first-order valence-electron chi connectivity index (χ1n) is 8.26. The zero-order chi connectivity index (χ0) is 13.7. The van der Waals surface area contributed by atoms with Crippen LogP contribution in [0.3, 0.4) is 0 Å². The number of hydrogen-bond acceptors (Lipinski definition) is 3. The maximum absolute atomic E-state index is 10.8. The molecule has 2 N–H and O–H groups in total. The van der Waals surface area contributed by atoms with Crippen LogP contribution in [0.1, 0.15) is 58.8 Å². The number of aliphatic hydroxyl groups is 1. The van der Waals surface area contributed by atoms with Crippen molar-refractivity contribution in [3.8, 4) is 0 Å². The summed E-state index contributed by atoms with van der Waals surface area (Å²) in [5.41, 5.74) is -0.407. The summed E-state index contributed by atoms with van der Waals surface area (Å²) in [6.45, 7) is 8.93. The molecule has 0 aromatic carbocycles. The molecule has 0 amide bonds. The monoisotopic (exact) mass is 268 g/mol. The molecule has 1 aliphatic carbocycles. The predicted molar refractivity (Wildman–Crippen MR) is 80.3 cm³/mol. The lowest BCUT2D eigenvalue weighted by molar-refractivity contribution is -0.0371. The highest BCUT2D eigenvalue weighted by Crippen LogP contribution is 2.30. The normalized spacial score (nSPS) is 25.1. The molecule has 0 aromatic rings. The molecule has 2 rings (SSSR count). The first-order chi connectivity index (χ1) is 9.09. The fourth-order valence-electron chi connectivity index (χ4n) is 3.60. The number of rotatable bonds is 5. The number of nitrogens with zero attached hydrogens (tertiary/aromatic N) is 1. The van der Waals surface area contributed by atoms with E-state index in [0.717, 1.165) is 25.3 Å². The van der Waals surface area contributed by atoms with Gasteiger partial charge in [-0.25, -0.2) is 0 Å². The van der Waals surface area contributed by atoms with Gasteiger partial charge in [0.05, 0.1) is 5.60 Å². The van der Waals surface area contributed by atoms with Gasteiger partial charge in [-0.15, -0.1) is 0 Å².